The van der Waals surface area contributed by atoms with Crippen molar-refractivity contribution in [3.05, 3.63) is 54.1 Å². The molecule has 6 nitrogen and oxygen atoms in total. The van der Waals surface area contributed by atoms with Crippen LogP contribution in [0.15, 0.2) is 53.4 Å². The van der Waals surface area contributed by atoms with Gasteiger partial charge in [-0.3, -0.25) is 0 Å². The predicted molar refractivity (Wildman–Crippen MR) is 90.3 cm³/mol. The first kappa shape index (κ1) is 16.8. The van der Waals surface area contributed by atoms with E-state index in [0.717, 1.165) is 5.56 Å². The van der Waals surface area contributed by atoms with Gasteiger partial charge in [0.2, 0.25) is 16.8 Å². The molecule has 3 rings (SSSR count). The van der Waals surface area contributed by atoms with Crippen LogP contribution in [0.2, 0.25) is 0 Å². The number of benzene rings is 2. The van der Waals surface area contributed by atoms with E-state index >= 15 is 0 Å². The van der Waals surface area contributed by atoms with Crippen LogP contribution in [-0.4, -0.2) is 32.6 Å². The van der Waals surface area contributed by atoms with Crippen LogP contribution in [0.5, 0.6) is 11.5 Å². The molecule has 1 aliphatic rings. The Bertz CT molecular complexity index is 793. The summed E-state index contributed by atoms with van der Waals surface area (Å²) in [6.07, 6.45) is 0.594. The summed E-state index contributed by atoms with van der Waals surface area (Å²) in [5.74, 6) is 1.01. The molecule has 1 aliphatic heterocycles. The molecule has 0 unspecified atom stereocenters. The molecule has 0 bridgehead atoms. The van der Waals surface area contributed by atoms with Gasteiger partial charge < -0.3 is 15.2 Å². The van der Waals surface area contributed by atoms with Crippen molar-refractivity contribution < 1.29 is 17.9 Å². The van der Waals surface area contributed by atoms with E-state index in [2.05, 4.69) is 0 Å². The van der Waals surface area contributed by atoms with Gasteiger partial charge in [0.25, 0.3) is 0 Å². The number of rotatable bonds is 7. The number of fused-ring (bicyclic) bond motifs is 1. The third-order valence-corrected chi connectivity index (χ3v) is 5.64. The number of nitrogens with two attached hydrogens (primary N) is 1. The molecule has 2 aromatic rings. The van der Waals surface area contributed by atoms with Crippen LogP contribution >= 0.6 is 0 Å². The van der Waals surface area contributed by atoms with Gasteiger partial charge in [-0.1, -0.05) is 30.3 Å². The van der Waals surface area contributed by atoms with E-state index in [4.69, 9.17) is 15.2 Å². The normalized spacial score (nSPS) is 13.4. The van der Waals surface area contributed by atoms with Crippen LogP contribution < -0.4 is 15.2 Å². The summed E-state index contributed by atoms with van der Waals surface area (Å²) < 4.78 is 38.0. The highest BCUT2D eigenvalue weighted by Gasteiger charge is 2.26. The van der Waals surface area contributed by atoms with Gasteiger partial charge in [-0.15, -0.1) is 0 Å². The van der Waals surface area contributed by atoms with Gasteiger partial charge in [-0.05, 0) is 30.7 Å². The lowest BCUT2D eigenvalue weighted by molar-refractivity contribution is 0.174. The molecule has 2 aromatic carbocycles. The lowest BCUT2D eigenvalue weighted by Crippen LogP contribution is -2.32. The van der Waals surface area contributed by atoms with Gasteiger partial charge in [0.1, 0.15) is 0 Å². The lowest BCUT2D eigenvalue weighted by Gasteiger charge is -2.22. The molecule has 0 radical (unpaired) electrons. The number of hydrogen-bond acceptors (Lipinski definition) is 5. The smallest absolute Gasteiger partial charge is 0.243 e. The van der Waals surface area contributed by atoms with Crippen LogP contribution in [0, 0.1) is 0 Å². The van der Waals surface area contributed by atoms with Crippen LogP contribution in [0.4, 0.5) is 0 Å². The first-order valence-electron chi connectivity index (χ1n) is 7.75. The molecule has 0 saturated carbocycles. The summed E-state index contributed by atoms with van der Waals surface area (Å²) in [5, 5.41) is 0. The summed E-state index contributed by atoms with van der Waals surface area (Å²) >= 11 is 0. The van der Waals surface area contributed by atoms with E-state index < -0.39 is 10.0 Å². The average molecular weight is 348 g/mol. The van der Waals surface area contributed by atoms with Crippen LogP contribution in [0.1, 0.15) is 12.0 Å². The molecule has 0 atom stereocenters. The van der Waals surface area contributed by atoms with Gasteiger partial charge in [-0.25, -0.2) is 8.42 Å². The summed E-state index contributed by atoms with van der Waals surface area (Å²) in [5.41, 5.74) is 6.50. The average Bonchev–Trinajstić information content (AvgIpc) is 3.07. The third-order valence-electron chi connectivity index (χ3n) is 3.80. The molecule has 0 aromatic heterocycles. The van der Waals surface area contributed by atoms with Gasteiger partial charge in [0.05, 0.1) is 4.90 Å². The second kappa shape index (κ2) is 7.21. The highest BCUT2D eigenvalue weighted by molar-refractivity contribution is 7.89. The van der Waals surface area contributed by atoms with Crippen LogP contribution in [-0.2, 0) is 16.6 Å². The molecule has 2 N–H and O–H groups in total. The zero-order chi connectivity index (χ0) is 17.0. The Kier molecular flexibility index (Phi) is 5.03. The van der Waals surface area contributed by atoms with Gasteiger partial charge in [0, 0.05) is 19.2 Å². The topological polar surface area (TPSA) is 81.9 Å². The Hall–Kier alpha value is -2.09. The first-order valence-corrected chi connectivity index (χ1v) is 9.19. The minimum atomic E-state index is -3.65. The summed E-state index contributed by atoms with van der Waals surface area (Å²) in [6.45, 7) is 1.21. The number of sulfonamides is 1. The molecule has 1 heterocycles. The number of nitrogens with zero attached hydrogens (tertiary/aromatic N) is 1. The number of hydrogen-bond donors (Lipinski definition) is 1. The quantitative estimate of drug-likeness (QED) is 0.827. The second-order valence-corrected chi connectivity index (χ2v) is 7.42. The predicted octanol–water partition coefficient (Wildman–Crippen LogP) is 1.95. The molecule has 0 amide bonds. The van der Waals surface area contributed by atoms with Crippen molar-refractivity contribution in [3.8, 4) is 11.5 Å². The molecule has 0 fully saturated rings. The largest absolute Gasteiger partial charge is 0.454 e. The van der Waals surface area contributed by atoms with Crippen molar-refractivity contribution >= 4 is 10.0 Å². The fourth-order valence-corrected chi connectivity index (χ4v) is 4.01. The van der Waals surface area contributed by atoms with Crippen molar-refractivity contribution in [3.63, 3.8) is 0 Å². The van der Waals surface area contributed by atoms with Crippen molar-refractivity contribution in [2.75, 3.05) is 19.9 Å². The monoisotopic (exact) mass is 348 g/mol. The Labute approximate surface area is 141 Å². The summed E-state index contributed by atoms with van der Waals surface area (Å²) in [7, 11) is -3.65. The van der Waals surface area contributed by atoms with E-state index in [-0.39, 0.29) is 11.7 Å². The van der Waals surface area contributed by atoms with E-state index in [1.807, 2.05) is 30.3 Å². The summed E-state index contributed by atoms with van der Waals surface area (Å²) in [4.78, 5) is 0.194. The van der Waals surface area contributed by atoms with Crippen molar-refractivity contribution in [2.45, 2.75) is 17.9 Å². The van der Waals surface area contributed by atoms with Crippen molar-refractivity contribution in [1.82, 2.24) is 4.31 Å². The standard InChI is InChI=1S/C17H20N2O4S/c18-9-4-10-19(12-14-5-2-1-3-6-14)24(20,21)15-7-8-16-17(11-15)23-13-22-16/h1-3,5-8,11H,4,9-10,12-13,18H2. The van der Waals surface area contributed by atoms with Crippen LogP contribution in [0.3, 0.4) is 0 Å². The molecule has 0 spiro atoms. The maximum Gasteiger partial charge on any atom is 0.243 e. The lowest BCUT2D eigenvalue weighted by atomic mass is 10.2. The Balaban J connectivity index is 1.89. The molecular formula is C17H20N2O4S. The fourth-order valence-electron chi connectivity index (χ4n) is 2.53. The Morgan fingerprint density at radius 2 is 1.79 bits per heavy atom. The molecule has 7 heteroatoms. The van der Waals surface area contributed by atoms with Gasteiger partial charge >= 0.3 is 0 Å². The zero-order valence-corrected chi connectivity index (χ0v) is 14.0. The molecule has 0 saturated heterocycles. The highest BCUT2D eigenvalue weighted by atomic mass is 32.2. The van der Waals surface area contributed by atoms with Gasteiger partial charge in [0.15, 0.2) is 11.5 Å². The number of ether oxygens (including phenoxy) is 2. The van der Waals surface area contributed by atoms with Crippen molar-refractivity contribution in [1.29, 1.82) is 0 Å². The van der Waals surface area contributed by atoms with Gasteiger partial charge in [-0.2, -0.15) is 4.31 Å². The SMILES string of the molecule is NCCCN(Cc1ccccc1)S(=O)(=O)c1ccc2c(c1)OCO2. The van der Waals surface area contributed by atoms with E-state index in [9.17, 15) is 8.42 Å². The van der Waals surface area contributed by atoms with Crippen LogP contribution in [0.25, 0.3) is 0 Å². The zero-order valence-electron chi connectivity index (χ0n) is 13.2. The minimum Gasteiger partial charge on any atom is -0.454 e. The maximum absolute atomic E-state index is 13.0. The van der Waals surface area contributed by atoms with E-state index in [1.165, 1.54) is 10.4 Å². The maximum atomic E-state index is 13.0. The summed E-state index contributed by atoms with van der Waals surface area (Å²) in [6, 6.07) is 14.2. The first-order chi connectivity index (χ1) is 11.6. The molecule has 0 aliphatic carbocycles. The van der Waals surface area contributed by atoms with E-state index in [0.29, 0.717) is 37.6 Å². The fraction of sp³-hybridized carbons (Fsp3) is 0.294. The molecule has 128 valence electrons. The Morgan fingerprint density at radius 1 is 1.04 bits per heavy atom. The highest BCUT2D eigenvalue weighted by Crippen LogP contribution is 2.34. The molecule has 24 heavy (non-hydrogen) atoms. The Morgan fingerprint density at radius 3 is 2.54 bits per heavy atom. The second-order valence-electron chi connectivity index (χ2n) is 5.48. The van der Waals surface area contributed by atoms with Crippen molar-refractivity contribution in [2.24, 2.45) is 5.73 Å². The third kappa shape index (κ3) is 3.53. The minimum absolute atomic E-state index is 0.111. The molecular weight excluding hydrogens is 328 g/mol. The van der Waals surface area contributed by atoms with E-state index in [1.54, 1.807) is 12.1 Å².